The summed E-state index contributed by atoms with van der Waals surface area (Å²) in [7, 11) is 0. The average molecular weight is 366 g/mol. The van der Waals surface area contributed by atoms with E-state index in [1.807, 2.05) is 50.2 Å². The lowest BCUT2D eigenvalue weighted by molar-refractivity contribution is -0.146. The number of hydrogen-bond donors (Lipinski definition) is 1. The predicted octanol–water partition coefficient (Wildman–Crippen LogP) is 3.68. The Morgan fingerprint density at radius 2 is 1.74 bits per heavy atom. The number of aryl methyl sites for hydroxylation is 2. The van der Waals surface area contributed by atoms with Crippen LogP contribution in [0.15, 0.2) is 47.0 Å². The van der Waals surface area contributed by atoms with Gasteiger partial charge >= 0.3 is 5.97 Å². The van der Waals surface area contributed by atoms with E-state index in [0.717, 1.165) is 35.0 Å². The van der Waals surface area contributed by atoms with Gasteiger partial charge in [-0.3, -0.25) is 9.59 Å². The molecule has 0 aliphatic rings. The quantitative estimate of drug-likeness (QED) is 0.645. The lowest BCUT2D eigenvalue weighted by Gasteiger charge is -2.14. The van der Waals surface area contributed by atoms with E-state index >= 15 is 0 Å². The molecule has 0 spiro atoms. The van der Waals surface area contributed by atoms with Gasteiger partial charge in [0.15, 0.2) is 12.2 Å². The summed E-state index contributed by atoms with van der Waals surface area (Å²) in [6.45, 7) is 3.73. The van der Waals surface area contributed by atoms with Crippen molar-refractivity contribution < 1.29 is 18.8 Å². The maximum atomic E-state index is 12.2. The van der Waals surface area contributed by atoms with Crippen LogP contribution in [0.5, 0.6) is 0 Å². The molecule has 0 unspecified atom stereocenters. The van der Waals surface area contributed by atoms with E-state index in [1.165, 1.54) is 0 Å². The van der Waals surface area contributed by atoms with Crippen LogP contribution in [-0.2, 0) is 33.6 Å². The Hall–Kier alpha value is -3.15. The smallest absolute Gasteiger partial charge is 0.312 e. The third kappa shape index (κ3) is 4.34. The third-order valence-corrected chi connectivity index (χ3v) is 4.39. The molecule has 0 saturated heterocycles. The molecule has 1 amide bonds. The second-order valence-electron chi connectivity index (χ2n) is 6.17. The van der Waals surface area contributed by atoms with Crippen LogP contribution < -0.4 is 5.32 Å². The largest absolute Gasteiger partial charge is 0.455 e. The number of benzene rings is 2. The summed E-state index contributed by atoms with van der Waals surface area (Å²) < 4.78 is 10.3. The number of carbonyl (C=O) groups is 2. The first kappa shape index (κ1) is 18.6. The minimum absolute atomic E-state index is 0.0456. The first-order valence-corrected chi connectivity index (χ1v) is 9.01. The number of rotatable bonds is 7. The van der Waals surface area contributed by atoms with E-state index < -0.39 is 5.97 Å². The topological polar surface area (TPSA) is 81.4 Å². The van der Waals surface area contributed by atoms with Gasteiger partial charge in [0.2, 0.25) is 0 Å². The molecule has 3 rings (SSSR count). The van der Waals surface area contributed by atoms with Crippen molar-refractivity contribution in [2.24, 2.45) is 0 Å². The molecule has 0 aliphatic heterocycles. The number of nitrogens with zero attached hydrogens (tertiary/aromatic N) is 1. The maximum Gasteiger partial charge on any atom is 0.312 e. The number of ether oxygens (including phenoxy) is 1. The molecule has 0 atom stereocenters. The Morgan fingerprint density at radius 1 is 1.04 bits per heavy atom. The van der Waals surface area contributed by atoms with Crippen LogP contribution >= 0.6 is 0 Å². The molecule has 2 aromatic carbocycles. The molecular formula is C21H22N2O4. The summed E-state index contributed by atoms with van der Waals surface area (Å²) in [6, 6.07) is 13.2. The summed E-state index contributed by atoms with van der Waals surface area (Å²) in [5, 5.41) is 7.54. The molecule has 0 aliphatic carbocycles. The fraction of sp³-hybridized carbons (Fsp3) is 0.286. The number of carbonyl (C=O) groups excluding carboxylic acids is 2. The Morgan fingerprint density at radius 3 is 2.44 bits per heavy atom. The van der Waals surface area contributed by atoms with Crippen LogP contribution in [0.25, 0.3) is 11.0 Å². The van der Waals surface area contributed by atoms with Crippen molar-refractivity contribution in [2.45, 2.75) is 33.1 Å². The number of amides is 1. The minimum Gasteiger partial charge on any atom is -0.455 e. The molecule has 0 saturated carbocycles. The molecule has 1 N–H and O–H groups in total. The standard InChI is InChI=1S/C21H22N2O4/c1-3-14-8-7-9-15(4-2)21(14)22-19(24)13-26-20(25)12-17-16-10-5-6-11-18(16)27-23-17/h5-11H,3-4,12-13H2,1-2H3,(H,22,24). The average Bonchev–Trinajstić information content (AvgIpc) is 3.09. The summed E-state index contributed by atoms with van der Waals surface area (Å²) in [4.78, 5) is 24.3. The molecule has 0 radical (unpaired) electrons. The number of esters is 1. The van der Waals surface area contributed by atoms with Gasteiger partial charge in [0.1, 0.15) is 5.69 Å². The highest BCUT2D eigenvalue weighted by Gasteiger charge is 2.15. The number of nitrogens with one attached hydrogen (secondary N) is 1. The van der Waals surface area contributed by atoms with Gasteiger partial charge in [-0.2, -0.15) is 0 Å². The van der Waals surface area contributed by atoms with Crippen molar-refractivity contribution in [3.8, 4) is 0 Å². The summed E-state index contributed by atoms with van der Waals surface area (Å²) in [5.41, 5.74) is 4.04. The lowest BCUT2D eigenvalue weighted by atomic mass is 10.0. The van der Waals surface area contributed by atoms with Gasteiger partial charge in [-0.25, -0.2) is 0 Å². The van der Waals surface area contributed by atoms with E-state index in [-0.39, 0.29) is 18.9 Å². The van der Waals surface area contributed by atoms with Gasteiger partial charge in [0, 0.05) is 11.1 Å². The normalized spacial score (nSPS) is 10.7. The fourth-order valence-electron chi connectivity index (χ4n) is 2.98. The van der Waals surface area contributed by atoms with Crippen LogP contribution in [0.1, 0.15) is 30.7 Å². The molecular weight excluding hydrogens is 344 g/mol. The summed E-state index contributed by atoms with van der Waals surface area (Å²) >= 11 is 0. The van der Waals surface area contributed by atoms with Gasteiger partial charge < -0.3 is 14.6 Å². The van der Waals surface area contributed by atoms with Crippen LogP contribution in [0.2, 0.25) is 0 Å². The first-order valence-electron chi connectivity index (χ1n) is 9.01. The van der Waals surface area contributed by atoms with Gasteiger partial charge in [-0.15, -0.1) is 0 Å². The Balaban J connectivity index is 1.59. The molecule has 0 fully saturated rings. The number of fused-ring (bicyclic) bond motifs is 1. The third-order valence-electron chi connectivity index (χ3n) is 4.39. The Bertz CT molecular complexity index is 939. The van der Waals surface area contributed by atoms with Crippen molar-refractivity contribution >= 4 is 28.5 Å². The monoisotopic (exact) mass is 366 g/mol. The van der Waals surface area contributed by atoms with Gasteiger partial charge in [0.05, 0.1) is 6.42 Å². The van der Waals surface area contributed by atoms with Crippen LogP contribution in [0.4, 0.5) is 5.69 Å². The summed E-state index contributed by atoms with van der Waals surface area (Å²) in [5.74, 6) is -0.882. The molecule has 1 aromatic heterocycles. The highest BCUT2D eigenvalue weighted by molar-refractivity contribution is 5.94. The molecule has 0 bridgehead atoms. The van der Waals surface area contributed by atoms with E-state index in [1.54, 1.807) is 6.07 Å². The van der Waals surface area contributed by atoms with Crippen molar-refractivity contribution in [3.63, 3.8) is 0 Å². The zero-order chi connectivity index (χ0) is 19.2. The van der Waals surface area contributed by atoms with Gasteiger partial charge in [-0.1, -0.05) is 49.3 Å². The van der Waals surface area contributed by atoms with Gasteiger partial charge in [-0.05, 0) is 36.1 Å². The van der Waals surface area contributed by atoms with Crippen molar-refractivity contribution in [1.29, 1.82) is 0 Å². The van der Waals surface area contributed by atoms with E-state index in [4.69, 9.17) is 9.26 Å². The summed E-state index contributed by atoms with van der Waals surface area (Å²) in [6.07, 6.45) is 1.57. The van der Waals surface area contributed by atoms with E-state index in [2.05, 4.69) is 10.5 Å². The molecule has 140 valence electrons. The Labute approximate surface area is 157 Å². The minimum atomic E-state index is -0.524. The highest BCUT2D eigenvalue weighted by Crippen LogP contribution is 2.22. The fourth-order valence-corrected chi connectivity index (χ4v) is 2.98. The molecule has 6 heteroatoms. The molecule has 27 heavy (non-hydrogen) atoms. The maximum absolute atomic E-state index is 12.2. The first-order chi connectivity index (χ1) is 13.1. The zero-order valence-electron chi connectivity index (χ0n) is 15.5. The van der Waals surface area contributed by atoms with Gasteiger partial charge in [0.25, 0.3) is 5.91 Å². The molecule has 1 heterocycles. The Kier molecular flexibility index (Phi) is 5.86. The van der Waals surface area contributed by atoms with E-state index in [0.29, 0.717) is 11.3 Å². The number of anilines is 1. The molecule has 3 aromatic rings. The predicted molar refractivity (Wildman–Crippen MR) is 102 cm³/mol. The van der Waals surface area contributed by atoms with E-state index in [9.17, 15) is 9.59 Å². The number of aromatic nitrogens is 1. The SMILES string of the molecule is CCc1cccc(CC)c1NC(=O)COC(=O)Cc1noc2ccccc12. The van der Waals surface area contributed by atoms with Crippen LogP contribution in [0, 0.1) is 0 Å². The van der Waals surface area contributed by atoms with Crippen molar-refractivity contribution in [2.75, 3.05) is 11.9 Å². The lowest BCUT2D eigenvalue weighted by Crippen LogP contribution is -2.23. The van der Waals surface area contributed by atoms with Crippen molar-refractivity contribution in [3.05, 3.63) is 59.3 Å². The van der Waals surface area contributed by atoms with Crippen LogP contribution in [-0.4, -0.2) is 23.6 Å². The van der Waals surface area contributed by atoms with Crippen molar-refractivity contribution in [1.82, 2.24) is 5.16 Å². The highest BCUT2D eigenvalue weighted by atomic mass is 16.5. The number of para-hydroxylation sites is 2. The van der Waals surface area contributed by atoms with Crippen LogP contribution in [0.3, 0.4) is 0 Å². The number of hydrogen-bond acceptors (Lipinski definition) is 5. The second kappa shape index (κ2) is 8.49. The zero-order valence-corrected chi connectivity index (χ0v) is 15.5. The molecule has 6 nitrogen and oxygen atoms in total. The second-order valence-corrected chi connectivity index (χ2v) is 6.17.